The number of hydrogen-bond acceptors (Lipinski definition) is 6. The molecule has 0 heterocycles. The maximum absolute atomic E-state index is 12.6. The Morgan fingerprint density at radius 3 is 2.46 bits per heavy atom. The smallest absolute Gasteiger partial charge is 0.416 e. The second-order valence-electron chi connectivity index (χ2n) is 8.67. The van der Waals surface area contributed by atoms with Crippen molar-refractivity contribution in [2.24, 2.45) is 11.8 Å². The van der Waals surface area contributed by atoms with Crippen LogP contribution in [0.15, 0.2) is 49.1 Å². The minimum atomic E-state index is -4.47. The molecule has 2 rings (SSSR count). The molecule has 0 spiro atoms. The summed E-state index contributed by atoms with van der Waals surface area (Å²) in [6.45, 7) is 8.64. The molecule has 1 fully saturated rings. The van der Waals surface area contributed by atoms with Gasteiger partial charge in [-0.05, 0) is 56.9 Å². The van der Waals surface area contributed by atoms with Gasteiger partial charge in [0.05, 0.1) is 23.9 Å². The number of ether oxygens (including phenoxy) is 2. The second-order valence-corrected chi connectivity index (χ2v) is 8.67. The van der Waals surface area contributed by atoms with E-state index in [9.17, 15) is 33.0 Å². The SMILES string of the molecule is C=CCCCC(=O)OC(C)C.C[C@@H]1[C@@H](/C=C/C(=O)COc2cccc(C(F)(F)F)c2)[C@H](O)C[C@@H]1O. The summed E-state index contributed by atoms with van der Waals surface area (Å²) in [4.78, 5) is 22.6. The largest absolute Gasteiger partial charge is 0.485 e. The van der Waals surface area contributed by atoms with Crippen LogP contribution in [-0.4, -0.2) is 46.9 Å². The predicted octanol–water partition coefficient (Wildman–Crippen LogP) is 4.88. The molecule has 1 aliphatic carbocycles. The average Bonchev–Trinajstić information content (AvgIpc) is 3.01. The predicted molar refractivity (Wildman–Crippen MR) is 126 cm³/mol. The third-order valence-corrected chi connectivity index (χ3v) is 5.34. The van der Waals surface area contributed by atoms with Gasteiger partial charge < -0.3 is 19.7 Å². The summed E-state index contributed by atoms with van der Waals surface area (Å²) in [5.74, 6) is -1.10. The molecule has 0 unspecified atom stereocenters. The first-order chi connectivity index (χ1) is 16.3. The Morgan fingerprint density at radius 2 is 1.91 bits per heavy atom. The first-order valence-corrected chi connectivity index (χ1v) is 11.5. The van der Waals surface area contributed by atoms with Crippen LogP contribution in [0.3, 0.4) is 0 Å². The van der Waals surface area contributed by atoms with Gasteiger partial charge in [-0.3, -0.25) is 9.59 Å². The van der Waals surface area contributed by atoms with Gasteiger partial charge in [0.25, 0.3) is 0 Å². The molecule has 196 valence electrons. The van der Waals surface area contributed by atoms with Gasteiger partial charge in [0.15, 0.2) is 12.4 Å². The molecule has 0 radical (unpaired) electrons. The standard InChI is InChI=1S/C17H19F3O4.C9H16O2/c1-10-14(16(23)8-15(10)22)6-5-12(21)9-24-13-4-2-3-11(7-13)17(18,19)20;1-4-5-6-7-9(10)11-8(2)3/h2-7,10,14-16,22-23H,8-9H2,1H3;4,8H,1,5-7H2,2-3H3/b6-5+;/t10-,14-,15+,16-;/m1./s1. The number of carbonyl (C=O) groups excluding carboxylic acids is 2. The van der Waals surface area contributed by atoms with Crippen LogP contribution in [-0.2, 0) is 20.5 Å². The van der Waals surface area contributed by atoms with E-state index < -0.39 is 36.3 Å². The number of hydrogen-bond donors (Lipinski definition) is 2. The van der Waals surface area contributed by atoms with E-state index in [-0.39, 0.29) is 36.1 Å². The summed E-state index contributed by atoms with van der Waals surface area (Å²) in [6, 6.07) is 4.29. The van der Waals surface area contributed by atoms with Crippen molar-refractivity contribution < 1.29 is 42.4 Å². The van der Waals surface area contributed by atoms with Crippen LogP contribution in [0.4, 0.5) is 13.2 Å². The highest BCUT2D eigenvalue weighted by molar-refractivity contribution is 5.91. The lowest BCUT2D eigenvalue weighted by Crippen LogP contribution is -2.18. The zero-order valence-corrected chi connectivity index (χ0v) is 20.3. The van der Waals surface area contributed by atoms with Crippen molar-refractivity contribution in [1.29, 1.82) is 0 Å². The fourth-order valence-corrected chi connectivity index (χ4v) is 3.43. The molecule has 35 heavy (non-hydrogen) atoms. The highest BCUT2D eigenvalue weighted by Gasteiger charge is 2.37. The number of alkyl halides is 3. The molecule has 2 N–H and O–H groups in total. The fourth-order valence-electron chi connectivity index (χ4n) is 3.43. The molecule has 0 saturated heterocycles. The third kappa shape index (κ3) is 11.6. The first-order valence-electron chi connectivity index (χ1n) is 11.5. The number of allylic oxidation sites excluding steroid dienone is 1. The van der Waals surface area contributed by atoms with Crippen molar-refractivity contribution >= 4 is 11.8 Å². The Balaban J connectivity index is 0.000000471. The summed E-state index contributed by atoms with van der Waals surface area (Å²) in [5.41, 5.74) is -0.847. The number of rotatable bonds is 10. The normalized spacial score (nSPS) is 22.0. The Hall–Kier alpha value is -2.65. The summed E-state index contributed by atoms with van der Waals surface area (Å²) in [7, 11) is 0. The van der Waals surface area contributed by atoms with E-state index in [2.05, 4.69) is 6.58 Å². The van der Waals surface area contributed by atoms with Gasteiger partial charge >= 0.3 is 12.1 Å². The number of esters is 1. The third-order valence-electron chi connectivity index (χ3n) is 5.34. The van der Waals surface area contributed by atoms with Crippen molar-refractivity contribution in [1.82, 2.24) is 0 Å². The summed E-state index contributed by atoms with van der Waals surface area (Å²) >= 11 is 0. The zero-order chi connectivity index (χ0) is 26.6. The second kappa shape index (κ2) is 14.7. The summed E-state index contributed by atoms with van der Waals surface area (Å²) < 4.78 is 47.8. The number of aliphatic hydroxyl groups is 2. The number of halogens is 3. The van der Waals surface area contributed by atoms with Gasteiger partial charge in [0.2, 0.25) is 0 Å². The van der Waals surface area contributed by atoms with Crippen LogP contribution in [0.5, 0.6) is 5.75 Å². The monoisotopic (exact) mass is 500 g/mol. The highest BCUT2D eigenvalue weighted by Crippen LogP contribution is 2.33. The van der Waals surface area contributed by atoms with Gasteiger partial charge in [-0.25, -0.2) is 0 Å². The van der Waals surface area contributed by atoms with Crippen molar-refractivity contribution in [2.75, 3.05) is 6.61 Å². The Kier molecular flexibility index (Phi) is 12.7. The quantitative estimate of drug-likeness (QED) is 0.206. The van der Waals surface area contributed by atoms with Gasteiger partial charge in [-0.2, -0.15) is 13.2 Å². The Morgan fingerprint density at radius 1 is 1.23 bits per heavy atom. The van der Waals surface area contributed by atoms with Crippen molar-refractivity contribution in [3.8, 4) is 5.75 Å². The van der Waals surface area contributed by atoms with Crippen LogP contribution >= 0.6 is 0 Å². The van der Waals surface area contributed by atoms with Crippen LogP contribution in [0.2, 0.25) is 0 Å². The van der Waals surface area contributed by atoms with E-state index >= 15 is 0 Å². The molecule has 1 aliphatic rings. The summed E-state index contributed by atoms with van der Waals surface area (Å²) in [5, 5.41) is 19.4. The van der Waals surface area contributed by atoms with E-state index in [1.165, 1.54) is 24.3 Å². The molecular formula is C26H35F3O6. The molecule has 0 aromatic heterocycles. The molecule has 0 aliphatic heterocycles. The Bertz CT molecular complexity index is 850. The number of carbonyl (C=O) groups is 2. The van der Waals surface area contributed by atoms with Crippen LogP contribution in [0.1, 0.15) is 52.0 Å². The molecule has 1 saturated carbocycles. The number of ketones is 1. The van der Waals surface area contributed by atoms with Gasteiger partial charge in [-0.1, -0.05) is 25.1 Å². The lowest BCUT2D eigenvalue weighted by Gasteiger charge is -2.15. The van der Waals surface area contributed by atoms with Crippen molar-refractivity contribution in [2.45, 2.75) is 70.9 Å². The molecule has 0 amide bonds. The molecule has 9 heteroatoms. The topological polar surface area (TPSA) is 93.1 Å². The van der Waals surface area contributed by atoms with E-state index in [1.807, 2.05) is 19.9 Å². The minimum Gasteiger partial charge on any atom is -0.485 e. The van der Waals surface area contributed by atoms with Crippen LogP contribution < -0.4 is 4.74 Å². The molecule has 1 aromatic rings. The molecule has 1 aromatic carbocycles. The number of benzene rings is 1. The van der Waals surface area contributed by atoms with Gasteiger partial charge in [0.1, 0.15) is 5.75 Å². The van der Waals surface area contributed by atoms with E-state index in [0.717, 1.165) is 25.0 Å². The van der Waals surface area contributed by atoms with E-state index in [0.29, 0.717) is 6.42 Å². The zero-order valence-electron chi connectivity index (χ0n) is 20.3. The van der Waals surface area contributed by atoms with Gasteiger partial charge in [-0.15, -0.1) is 6.58 Å². The van der Waals surface area contributed by atoms with E-state index in [4.69, 9.17) is 9.47 Å². The highest BCUT2D eigenvalue weighted by atomic mass is 19.4. The maximum Gasteiger partial charge on any atom is 0.416 e. The van der Waals surface area contributed by atoms with Crippen molar-refractivity contribution in [3.63, 3.8) is 0 Å². The maximum atomic E-state index is 12.6. The fraction of sp³-hybridized carbons (Fsp3) is 0.538. The molecular weight excluding hydrogens is 465 g/mol. The Labute approximate surface area is 204 Å². The lowest BCUT2D eigenvalue weighted by atomic mass is 9.95. The molecule has 4 atom stereocenters. The van der Waals surface area contributed by atoms with Gasteiger partial charge in [0, 0.05) is 18.8 Å². The van der Waals surface area contributed by atoms with Crippen LogP contribution in [0, 0.1) is 11.8 Å². The lowest BCUT2D eigenvalue weighted by molar-refractivity contribution is -0.147. The van der Waals surface area contributed by atoms with Crippen molar-refractivity contribution in [3.05, 3.63) is 54.6 Å². The number of aliphatic hydroxyl groups excluding tert-OH is 2. The van der Waals surface area contributed by atoms with E-state index in [1.54, 1.807) is 6.92 Å². The summed E-state index contributed by atoms with van der Waals surface area (Å²) in [6.07, 6.45) is 1.24. The minimum absolute atomic E-state index is 0.00577. The number of unbranched alkanes of at least 4 members (excludes halogenated alkanes) is 1. The van der Waals surface area contributed by atoms with Crippen LogP contribution in [0.25, 0.3) is 0 Å². The first kappa shape index (κ1) is 30.4. The molecule has 0 bridgehead atoms. The average molecular weight is 501 g/mol. The molecule has 6 nitrogen and oxygen atoms in total.